The fourth-order valence-electron chi connectivity index (χ4n) is 1.82. The number of carboxylic acid groups (broad SMARTS) is 1. The minimum absolute atomic E-state index is 0.301. The zero-order valence-corrected chi connectivity index (χ0v) is 9.15. The van der Waals surface area contributed by atoms with Crippen LogP contribution in [-0.4, -0.2) is 42.5 Å². The molecule has 0 saturated carbocycles. The fourth-order valence-corrected chi connectivity index (χ4v) is 1.82. The van der Waals surface area contributed by atoms with Gasteiger partial charge < -0.3 is 15.4 Å². The Morgan fingerprint density at radius 2 is 2.27 bits per heavy atom. The van der Waals surface area contributed by atoms with Crippen LogP contribution in [0.4, 0.5) is 0 Å². The van der Waals surface area contributed by atoms with Crippen LogP contribution in [-0.2, 0) is 4.79 Å². The first-order valence-electron chi connectivity index (χ1n) is 5.38. The molecule has 0 aliphatic carbocycles. The molecule has 0 radical (unpaired) electrons. The van der Waals surface area contributed by atoms with Gasteiger partial charge in [0.05, 0.1) is 0 Å². The van der Waals surface area contributed by atoms with Gasteiger partial charge in [-0.25, -0.2) is 0 Å². The van der Waals surface area contributed by atoms with Gasteiger partial charge in [0.1, 0.15) is 6.34 Å². The van der Waals surface area contributed by atoms with Crippen molar-refractivity contribution in [2.45, 2.75) is 25.7 Å². The minimum Gasteiger partial charge on any atom is -0.481 e. The van der Waals surface area contributed by atoms with Crippen LogP contribution in [0.1, 0.15) is 25.7 Å². The lowest BCUT2D eigenvalue weighted by molar-refractivity contribution is -0.137. The second-order valence-electron chi connectivity index (χ2n) is 3.88. The number of aliphatic carboxylic acids is 1. The van der Waals surface area contributed by atoms with Gasteiger partial charge in [-0.3, -0.25) is 4.79 Å². The smallest absolute Gasteiger partial charge is 0.303 e. The van der Waals surface area contributed by atoms with Gasteiger partial charge in [0.25, 0.3) is 0 Å². The molecule has 0 bridgehead atoms. The van der Waals surface area contributed by atoms with Crippen molar-refractivity contribution in [2.24, 2.45) is 11.0 Å². The van der Waals surface area contributed by atoms with Crippen molar-refractivity contribution in [3.05, 3.63) is 0 Å². The van der Waals surface area contributed by atoms with E-state index in [0.717, 1.165) is 32.4 Å². The van der Waals surface area contributed by atoms with Crippen LogP contribution in [0.25, 0.3) is 0 Å². The van der Waals surface area contributed by atoms with Crippen LogP contribution >= 0.6 is 0 Å². The van der Waals surface area contributed by atoms with Gasteiger partial charge >= 0.3 is 5.97 Å². The summed E-state index contributed by atoms with van der Waals surface area (Å²) in [6.07, 6.45) is 5.07. The third kappa shape index (κ3) is 4.67. The average molecular weight is 213 g/mol. The van der Waals surface area contributed by atoms with Crippen molar-refractivity contribution < 1.29 is 9.90 Å². The molecule has 0 aromatic carbocycles. The molecule has 0 amide bonds. The van der Waals surface area contributed by atoms with E-state index in [1.807, 2.05) is 6.34 Å². The molecule has 5 nitrogen and oxygen atoms in total. The number of hydrogen-bond acceptors (Lipinski definition) is 3. The number of nitrogens with zero attached hydrogens (tertiary/aromatic N) is 2. The number of rotatable bonds is 5. The van der Waals surface area contributed by atoms with Crippen molar-refractivity contribution >= 4 is 12.3 Å². The van der Waals surface area contributed by atoms with Crippen molar-refractivity contribution in [1.29, 1.82) is 0 Å². The molecule has 5 heteroatoms. The van der Waals surface area contributed by atoms with Crippen LogP contribution in [0.3, 0.4) is 0 Å². The van der Waals surface area contributed by atoms with Gasteiger partial charge in [0.15, 0.2) is 0 Å². The Balaban J connectivity index is 2.18. The Bertz CT molecular complexity index is 223. The van der Waals surface area contributed by atoms with Gasteiger partial charge in [0.2, 0.25) is 0 Å². The lowest BCUT2D eigenvalue weighted by Crippen LogP contribution is -2.33. The first kappa shape index (κ1) is 11.8. The summed E-state index contributed by atoms with van der Waals surface area (Å²) in [6.45, 7) is 1.96. The van der Waals surface area contributed by atoms with E-state index in [4.69, 9.17) is 5.11 Å². The van der Waals surface area contributed by atoms with Crippen molar-refractivity contribution in [2.75, 3.05) is 20.1 Å². The summed E-state index contributed by atoms with van der Waals surface area (Å²) in [7, 11) is 1.77. The van der Waals surface area contributed by atoms with E-state index in [1.165, 1.54) is 0 Å². The van der Waals surface area contributed by atoms with Crippen LogP contribution in [0.2, 0.25) is 0 Å². The summed E-state index contributed by atoms with van der Waals surface area (Å²) < 4.78 is 0. The molecule has 1 aliphatic rings. The van der Waals surface area contributed by atoms with Gasteiger partial charge in [-0.05, 0) is 25.2 Å². The van der Waals surface area contributed by atoms with E-state index < -0.39 is 5.97 Å². The molecule has 0 unspecified atom stereocenters. The number of likely N-dealkylation sites (tertiary alicyclic amines) is 1. The van der Waals surface area contributed by atoms with Crippen molar-refractivity contribution in [3.63, 3.8) is 0 Å². The zero-order chi connectivity index (χ0) is 11.1. The molecule has 1 heterocycles. The summed E-state index contributed by atoms with van der Waals surface area (Å²) in [5.74, 6) is -0.116. The van der Waals surface area contributed by atoms with Crippen LogP contribution in [0.15, 0.2) is 5.10 Å². The Morgan fingerprint density at radius 1 is 1.60 bits per heavy atom. The van der Waals surface area contributed by atoms with E-state index in [9.17, 15) is 4.79 Å². The monoisotopic (exact) mass is 213 g/mol. The van der Waals surface area contributed by atoms with Crippen LogP contribution < -0.4 is 5.43 Å². The summed E-state index contributed by atoms with van der Waals surface area (Å²) in [6, 6.07) is 0. The second-order valence-corrected chi connectivity index (χ2v) is 3.88. The molecular weight excluding hydrogens is 194 g/mol. The maximum atomic E-state index is 10.4. The Kier molecular flexibility index (Phi) is 4.93. The van der Waals surface area contributed by atoms with E-state index in [0.29, 0.717) is 12.3 Å². The summed E-state index contributed by atoms with van der Waals surface area (Å²) >= 11 is 0. The van der Waals surface area contributed by atoms with Crippen LogP contribution in [0, 0.1) is 5.92 Å². The molecular formula is C10H19N3O2. The Labute approximate surface area is 90.1 Å². The molecule has 0 aromatic heterocycles. The molecule has 1 saturated heterocycles. The van der Waals surface area contributed by atoms with E-state index in [-0.39, 0.29) is 0 Å². The number of hydrazone groups is 1. The highest BCUT2D eigenvalue weighted by Gasteiger charge is 2.17. The van der Waals surface area contributed by atoms with E-state index in [2.05, 4.69) is 15.4 Å². The predicted molar refractivity (Wildman–Crippen MR) is 58.7 cm³/mol. The standard InChI is InChI=1S/C10H19N3O2/c1-11-12-8-13-6-4-9(5-7-13)2-3-10(14)15/h8-9,11H,2-7H2,1H3,(H,14,15). The first-order valence-corrected chi connectivity index (χ1v) is 5.38. The number of hydrogen-bond donors (Lipinski definition) is 2. The second kappa shape index (κ2) is 6.27. The predicted octanol–water partition coefficient (Wildman–Crippen LogP) is 0.726. The van der Waals surface area contributed by atoms with Gasteiger partial charge in [-0.15, -0.1) is 0 Å². The maximum absolute atomic E-state index is 10.4. The molecule has 86 valence electrons. The van der Waals surface area contributed by atoms with E-state index >= 15 is 0 Å². The molecule has 15 heavy (non-hydrogen) atoms. The zero-order valence-electron chi connectivity index (χ0n) is 9.15. The Morgan fingerprint density at radius 3 is 2.80 bits per heavy atom. The minimum atomic E-state index is -0.686. The average Bonchev–Trinajstić information content (AvgIpc) is 2.25. The summed E-state index contributed by atoms with van der Waals surface area (Å²) in [4.78, 5) is 12.6. The molecule has 1 aliphatic heterocycles. The van der Waals surface area contributed by atoms with Crippen molar-refractivity contribution in [1.82, 2.24) is 10.3 Å². The molecule has 0 spiro atoms. The summed E-state index contributed by atoms with van der Waals surface area (Å²) in [5.41, 5.74) is 2.72. The number of piperidine rings is 1. The maximum Gasteiger partial charge on any atom is 0.303 e. The lowest BCUT2D eigenvalue weighted by Gasteiger charge is -2.30. The lowest BCUT2D eigenvalue weighted by atomic mass is 9.92. The molecule has 0 atom stereocenters. The highest BCUT2D eigenvalue weighted by molar-refractivity contribution is 5.66. The molecule has 2 N–H and O–H groups in total. The topological polar surface area (TPSA) is 64.9 Å². The highest BCUT2D eigenvalue weighted by atomic mass is 16.4. The first-order chi connectivity index (χ1) is 7.22. The molecule has 0 aromatic rings. The molecule has 1 fully saturated rings. The highest BCUT2D eigenvalue weighted by Crippen LogP contribution is 2.20. The van der Waals surface area contributed by atoms with Gasteiger partial charge in [-0.2, -0.15) is 5.10 Å². The van der Waals surface area contributed by atoms with Gasteiger partial charge in [-0.1, -0.05) is 0 Å². The summed E-state index contributed by atoms with van der Waals surface area (Å²) in [5, 5.41) is 12.5. The molecule has 1 rings (SSSR count). The fraction of sp³-hybridized carbons (Fsp3) is 0.800. The third-order valence-corrected chi connectivity index (χ3v) is 2.77. The Hall–Kier alpha value is -1.26. The van der Waals surface area contributed by atoms with Crippen LogP contribution in [0.5, 0.6) is 0 Å². The van der Waals surface area contributed by atoms with E-state index in [1.54, 1.807) is 7.05 Å². The van der Waals surface area contributed by atoms with Crippen molar-refractivity contribution in [3.8, 4) is 0 Å². The third-order valence-electron chi connectivity index (χ3n) is 2.77. The number of carbonyl (C=O) groups is 1. The number of carboxylic acids is 1. The largest absolute Gasteiger partial charge is 0.481 e. The SMILES string of the molecule is CNN=CN1CCC(CCC(=O)O)CC1. The quantitative estimate of drug-likeness (QED) is 0.401. The normalized spacial score (nSPS) is 18.3. The van der Waals surface area contributed by atoms with Gasteiger partial charge in [0, 0.05) is 26.6 Å². The number of nitrogens with one attached hydrogen (secondary N) is 1.